The lowest BCUT2D eigenvalue weighted by Crippen LogP contribution is -2.22. The van der Waals surface area contributed by atoms with Gasteiger partial charge in [0, 0.05) is 23.7 Å². The number of thioether (sulfide) groups is 1. The number of nitrogens with one attached hydrogen (secondary N) is 1. The Bertz CT molecular complexity index is 1210. The summed E-state index contributed by atoms with van der Waals surface area (Å²) in [5.74, 6) is -1.47. The molecule has 4 rings (SSSR count). The third-order valence-corrected chi connectivity index (χ3v) is 5.40. The molecule has 1 fully saturated rings. The van der Waals surface area contributed by atoms with E-state index in [0.717, 1.165) is 11.8 Å². The Labute approximate surface area is 167 Å². The van der Waals surface area contributed by atoms with Crippen molar-refractivity contribution in [3.05, 3.63) is 76.0 Å². The summed E-state index contributed by atoms with van der Waals surface area (Å²) in [4.78, 5) is 43.1. The molecule has 2 aromatic carbocycles. The highest BCUT2D eigenvalue weighted by molar-refractivity contribution is 8.15. The summed E-state index contributed by atoms with van der Waals surface area (Å²) in [5, 5.41) is 23.7. The van der Waals surface area contributed by atoms with E-state index in [1.807, 2.05) is 0 Å². The van der Waals surface area contributed by atoms with Gasteiger partial charge in [0.15, 0.2) is 10.9 Å². The van der Waals surface area contributed by atoms with Gasteiger partial charge in [0.2, 0.25) is 5.91 Å². The van der Waals surface area contributed by atoms with Crippen molar-refractivity contribution >= 4 is 45.3 Å². The number of nitrogens with zero attached hydrogens (tertiary/aromatic N) is 3. The van der Waals surface area contributed by atoms with Gasteiger partial charge in [0.25, 0.3) is 11.6 Å². The molecule has 29 heavy (non-hydrogen) atoms. The van der Waals surface area contributed by atoms with E-state index >= 15 is 0 Å². The average Bonchev–Trinajstić information content (AvgIpc) is 3.08. The second kappa shape index (κ2) is 7.32. The summed E-state index contributed by atoms with van der Waals surface area (Å²) in [7, 11) is 0. The van der Waals surface area contributed by atoms with Crippen molar-refractivity contribution in [3.63, 3.8) is 0 Å². The maximum Gasteiger partial charge on any atom is 0.283 e. The van der Waals surface area contributed by atoms with Crippen molar-refractivity contribution < 1.29 is 19.6 Å². The van der Waals surface area contributed by atoms with Gasteiger partial charge in [-0.15, -0.1) is 0 Å². The Kier molecular flexibility index (Phi) is 4.69. The number of phenolic OH excluding ortho intramolecular Hbond substituents is 1. The first-order valence-corrected chi connectivity index (χ1v) is 9.23. The Morgan fingerprint density at radius 3 is 2.86 bits per heavy atom. The van der Waals surface area contributed by atoms with E-state index in [0.29, 0.717) is 10.9 Å². The molecule has 0 spiro atoms. The molecule has 0 saturated carbocycles. The highest BCUT2D eigenvalue weighted by Crippen LogP contribution is 2.36. The first-order valence-electron chi connectivity index (χ1n) is 8.35. The third-order valence-electron chi connectivity index (χ3n) is 4.26. The molecular formula is C19H12N4O5S. The number of carbonyl (C=O) groups excluding carboxylic acids is 2. The van der Waals surface area contributed by atoms with E-state index in [-0.39, 0.29) is 27.7 Å². The van der Waals surface area contributed by atoms with Crippen LogP contribution in [0.5, 0.6) is 5.75 Å². The van der Waals surface area contributed by atoms with Crippen molar-refractivity contribution in [2.24, 2.45) is 4.99 Å². The van der Waals surface area contributed by atoms with E-state index in [9.17, 15) is 24.8 Å². The van der Waals surface area contributed by atoms with Gasteiger partial charge in [-0.2, -0.15) is 4.99 Å². The number of benzene rings is 2. The van der Waals surface area contributed by atoms with E-state index in [4.69, 9.17) is 0 Å². The molecule has 2 amide bonds. The summed E-state index contributed by atoms with van der Waals surface area (Å²) in [6, 6.07) is 12.3. The number of aromatic hydroxyl groups is 1. The maximum absolute atomic E-state index is 12.5. The first-order chi connectivity index (χ1) is 13.9. The largest absolute Gasteiger partial charge is 0.505 e. The zero-order valence-corrected chi connectivity index (χ0v) is 15.4. The fourth-order valence-corrected chi connectivity index (χ4v) is 3.86. The van der Waals surface area contributed by atoms with Crippen molar-refractivity contribution in [3.8, 4) is 5.75 Å². The minimum atomic E-state index is -0.770. The minimum Gasteiger partial charge on any atom is -0.505 e. The Morgan fingerprint density at radius 1 is 1.24 bits per heavy atom. The van der Waals surface area contributed by atoms with Crippen molar-refractivity contribution in [1.82, 2.24) is 10.3 Å². The number of carbonyl (C=O) groups is 2. The lowest BCUT2D eigenvalue weighted by atomic mass is 10.1. The Balaban J connectivity index is 1.61. The molecule has 1 aromatic heterocycles. The van der Waals surface area contributed by atoms with Gasteiger partial charge >= 0.3 is 0 Å². The van der Waals surface area contributed by atoms with Crippen LogP contribution in [0.25, 0.3) is 10.9 Å². The topological polar surface area (TPSA) is 135 Å². The molecule has 9 nitrogen and oxygen atoms in total. The smallest absolute Gasteiger partial charge is 0.283 e. The van der Waals surface area contributed by atoms with E-state index < -0.39 is 22.0 Å². The molecule has 1 atom stereocenters. The SMILES string of the molecule is O=C(N=C1NC(=O)C(c2cccc([N+](=O)[O-])c2)S1)c1ccc2cccnc2c1O. The highest BCUT2D eigenvalue weighted by atomic mass is 32.2. The van der Waals surface area contributed by atoms with Crippen LogP contribution in [0.15, 0.2) is 59.7 Å². The number of aliphatic imine (C=N–C) groups is 1. The van der Waals surface area contributed by atoms with Gasteiger partial charge in [-0.25, -0.2) is 0 Å². The van der Waals surface area contributed by atoms with E-state index in [1.165, 1.54) is 30.5 Å². The number of hydrogen-bond donors (Lipinski definition) is 2. The summed E-state index contributed by atoms with van der Waals surface area (Å²) < 4.78 is 0. The van der Waals surface area contributed by atoms with Crippen LogP contribution < -0.4 is 5.32 Å². The number of aromatic nitrogens is 1. The van der Waals surface area contributed by atoms with Crippen LogP contribution in [0, 0.1) is 10.1 Å². The lowest BCUT2D eigenvalue weighted by molar-refractivity contribution is -0.384. The lowest BCUT2D eigenvalue weighted by Gasteiger charge is -2.05. The summed E-state index contributed by atoms with van der Waals surface area (Å²) in [6.07, 6.45) is 1.50. The van der Waals surface area contributed by atoms with Crippen molar-refractivity contribution in [2.75, 3.05) is 0 Å². The quantitative estimate of drug-likeness (QED) is 0.502. The first kappa shape index (κ1) is 18.6. The number of amidine groups is 1. The standard InChI is InChI=1S/C19H12N4O5S/c24-15-13(7-6-10-4-2-8-20-14(10)15)17(25)21-19-22-18(26)16(29-19)11-3-1-5-12(9-11)23(27)28/h1-9,16,24H,(H,21,22,25,26). The number of non-ortho nitro benzene ring substituents is 1. The van der Waals surface area contributed by atoms with Gasteiger partial charge in [-0.3, -0.25) is 24.7 Å². The second-order valence-corrected chi connectivity index (χ2v) is 7.19. The summed E-state index contributed by atoms with van der Waals surface area (Å²) >= 11 is 0.973. The molecule has 10 heteroatoms. The Morgan fingerprint density at radius 2 is 2.07 bits per heavy atom. The minimum absolute atomic E-state index is 0.0441. The highest BCUT2D eigenvalue weighted by Gasteiger charge is 2.33. The molecular weight excluding hydrogens is 396 g/mol. The molecule has 1 saturated heterocycles. The number of nitro benzene ring substituents is 1. The number of fused-ring (bicyclic) bond motifs is 1. The molecule has 1 unspecified atom stereocenters. The van der Waals surface area contributed by atoms with E-state index in [1.54, 1.807) is 24.3 Å². The molecule has 0 aliphatic carbocycles. The number of hydrogen-bond acceptors (Lipinski definition) is 7. The molecule has 1 aliphatic heterocycles. The van der Waals surface area contributed by atoms with Gasteiger partial charge < -0.3 is 10.4 Å². The number of rotatable bonds is 3. The molecule has 0 radical (unpaired) electrons. The van der Waals surface area contributed by atoms with Crippen LogP contribution in [0.4, 0.5) is 5.69 Å². The number of amides is 2. The summed E-state index contributed by atoms with van der Waals surface area (Å²) in [6.45, 7) is 0. The molecule has 3 aromatic rings. The van der Waals surface area contributed by atoms with Crippen LogP contribution >= 0.6 is 11.8 Å². The fraction of sp³-hybridized carbons (Fsp3) is 0.0526. The van der Waals surface area contributed by atoms with Crippen LogP contribution in [0.3, 0.4) is 0 Å². The predicted octanol–water partition coefficient (Wildman–Crippen LogP) is 2.95. The van der Waals surface area contributed by atoms with Gasteiger partial charge in [-0.1, -0.05) is 36.0 Å². The van der Waals surface area contributed by atoms with Crippen molar-refractivity contribution in [1.29, 1.82) is 0 Å². The average molecular weight is 408 g/mol. The van der Waals surface area contributed by atoms with Crippen LogP contribution in [-0.4, -0.2) is 32.0 Å². The van der Waals surface area contributed by atoms with Crippen LogP contribution in [-0.2, 0) is 4.79 Å². The number of phenols is 1. The van der Waals surface area contributed by atoms with E-state index in [2.05, 4.69) is 15.3 Å². The van der Waals surface area contributed by atoms with Crippen LogP contribution in [0.2, 0.25) is 0 Å². The van der Waals surface area contributed by atoms with Crippen LogP contribution in [0.1, 0.15) is 21.2 Å². The summed E-state index contributed by atoms with van der Waals surface area (Å²) in [5.41, 5.74) is 0.525. The molecule has 2 heterocycles. The third kappa shape index (κ3) is 3.52. The molecule has 2 N–H and O–H groups in total. The maximum atomic E-state index is 12.5. The number of nitro groups is 1. The molecule has 1 aliphatic rings. The number of pyridine rings is 1. The van der Waals surface area contributed by atoms with Gasteiger partial charge in [0.05, 0.1) is 10.5 Å². The zero-order valence-electron chi connectivity index (χ0n) is 14.6. The fourth-order valence-electron chi connectivity index (χ4n) is 2.90. The predicted molar refractivity (Wildman–Crippen MR) is 107 cm³/mol. The second-order valence-electron chi connectivity index (χ2n) is 6.10. The monoisotopic (exact) mass is 408 g/mol. The molecule has 144 valence electrons. The van der Waals surface area contributed by atoms with Gasteiger partial charge in [-0.05, 0) is 17.7 Å². The van der Waals surface area contributed by atoms with Gasteiger partial charge in [0.1, 0.15) is 10.8 Å². The van der Waals surface area contributed by atoms with Crippen molar-refractivity contribution in [2.45, 2.75) is 5.25 Å². The Hall–Kier alpha value is -3.79. The molecule has 0 bridgehead atoms. The normalized spacial score (nSPS) is 17.4. The zero-order chi connectivity index (χ0) is 20.5.